The van der Waals surface area contributed by atoms with Gasteiger partial charge in [0.1, 0.15) is 0 Å². The van der Waals surface area contributed by atoms with Gasteiger partial charge in [0.15, 0.2) is 0 Å². The number of alkyl halides is 1. The normalized spacial score (nSPS) is 18.8. The molecule has 25 heavy (non-hydrogen) atoms. The van der Waals surface area contributed by atoms with E-state index in [0.717, 1.165) is 39.0 Å². The minimum absolute atomic E-state index is 0.191. The van der Waals surface area contributed by atoms with Crippen LogP contribution in [-0.2, 0) is 25.9 Å². The summed E-state index contributed by atoms with van der Waals surface area (Å²) in [6.45, 7) is 9.09. The summed E-state index contributed by atoms with van der Waals surface area (Å²) < 4.78 is 1.53. The van der Waals surface area contributed by atoms with Crippen molar-refractivity contribution >= 4 is 0 Å². The van der Waals surface area contributed by atoms with E-state index in [9.17, 15) is 0 Å². The molecule has 0 amide bonds. The molecule has 134 valence electrons. The van der Waals surface area contributed by atoms with Crippen LogP contribution >= 0.6 is 0 Å². The second-order valence-electron chi connectivity index (χ2n) is 7.55. The Labute approximate surface area is 160 Å². The Balaban J connectivity index is 1.51. The van der Waals surface area contributed by atoms with Gasteiger partial charge in [-0.2, -0.15) is 0 Å². The molecule has 0 aliphatic carbocycles. The van der Waals surface area contributed by atoms with Crippen molar-refractivity contribution in [3.8, 4) is 0 Å². The zero-order valence-electron chi connectivity index (χ0n) is 15.3. The van der Waals surface area contributed by atoms with Gasteiger partial charge >= 0.3 is 161 Å². The van der Waals surface area contributed by atoms with Gasteiger partial charge in [0.25, 0.3) is 0 Å². The van der Waals surface area contributed by atoms with Gasteiger partial charge in [0, 0.05) is 0 Å². The first-order valence-electron chi connectivity index (χ1n) is 9.01. The number of nitrogens with zero attached hydrogens (tertiary/aromatic N) is 4. The Hall–Kier alpha value is -1.05. The minimum atomic E-state index is -0.191. The molecule has 0 spiro atoms. The van der Waals surface area contributed by atoms with Crippen LogP contribution in [0.5, 0.6) is 0 Å². The molecule has 0 fully saturated rings. The Morgan fingerprint density at radius 2 is 1.84 bits per heavy atom. The van der Waals surface area contributed by atoms with Crippen LogP contribution in [0.15, 0.2) is 30.6 Å². The average Bonchev–Trinajstić information content (AvgIpc) is 2.60. The summed E-state index contributed by atoms with van der Waals surface area (Å²) in [7, 11) is 2.19. The van der Waals surface area contributed by atoms with Crippen molar-refractivity contribution in [2.75, 3.05) is 20.1 Å². The molecule has 2 aromatic heterocycles. The fourth-order valence-corrected chi connectivity index (χ4v) is 6.58. The van der Waals surface area contributed by atoms with E-state index in [1.165, 1.54) is 26.1 Å². The number of pyridine rings is 2. The van der Waals surface area contributed by atoms with Gasteiger partial charge in [0.2, 0.25) is 0 Å². The van der Waals surface area contributed by atoms with Crippen LogP contribution in [0.1, 0.15) is 36.2 Å². The van der Waals surface area contributed by atoms with Crippen molar-refractivity contribution in [3.05, 3.63) is 56.7 Å². The molecule has 0 saturated heterocycles. The first-order valence-corrected chi connectivity index (χ1v) is 11.2. The summed E-state index contributed by atoms with van der Waals surface area (Å²) in [5.41, 5.74) is 5.61. The number of fused-ring (bicyclic) bond motifs is 2. The summed E-state index contributed by atoms with van der Waals surface area (Å²) in [5.74, 6) is 0. The molecular weight excluding hydrogens is 423 g/mol. The zero-order valence-corrected chi connectivity index (χ0v) is 17.5. The van der Waals surface area contributed by atoms with E-state index in [0.29, 0.717) is 0 Å². The molecule has 2 aliphatic heterocycles. The van der Waals surface area contributed by atoms with E-state index in [1.807, 2.05) is 12.4 Å². The van der Waals surface area contributed by atoms with Crippen molar-refractivity contribution in [2.24, 2.45) is 0 Å². The van der Waals surface area contributed by atoms with E-state index in [4.69, 9.17) is 4.98 Å². The molecule has 0 N–H and O–H groups in total. The van der Waals surface area contributed by atoms with Gasteiger partial charge in [-0.3, -0.25) is 0 Å². The number of likely N-dealkylation sites (N-methyl/N-ethyl adjacent to an activating group) is 1. The van der Waals surface area contributed by atoms with Crippen molar-refractivity contribution < 1.29 is 21.2 Å². The van der Waals surface area contributed by atoms with Crippen LogP contribution < -0.4 is 21.2 Å². The molecule has 4 rings (SSSR count). The predicted molar refractivity (Wildman–Crippen MR) is 95.4 cm³/mol. The van der Waals surface area contributed by atoms with Crippen LogP contribution in [0.4, 0.5) is 0 Å². The van der Waals surface area contributed by atoms with Crippen LogP contribution in [0, 0.1) is 3.70 Å². The standard InChI is InChI=1S/C20H26IN4/c1-20(2,25-11-8-15-6-9-22-12-17(15)13-25)21-19-5-4-16-7-10-24(3)14-18(16)23-19/h4-6,9,12H,7-8,10-11,13-14H2,1-3H3/q-1. The molecule has 4 nitrogen and oxygen atoms in total. The second kappa shape index (κ2) is 6.93. The van der Waals surface area contributed by atoms with Gasteiger partial charge in [0.05, 0.1) is 0 Å². The first-order chi connectivity index (χ1) is 12.0. The second-order valence-corrected chi connectivity index (χ2v) is 11.8. The summed E-state index contributed by atoms with van der Waals surface area (Å²) in [4.78, 5) is 14.4. The van der Waals surface area contributed by atoms with Crippen molar-refractivity contribution in [3.63, 3.8) is 0 Å². The number of aromatic nitrogens is 2. The number of rotatable bonds is 3. The fourth-order valence-electron chi connectivity index (χ4n) is 3.70. The van der Waals surface area contributed by atoms with Gasteiger partial charge < -0.3 is 0 Å². The van der Waals surface area contributed by atoms with Crippen molar-refractivity contribution in [1.82, 2.24) is 19.8 Å². The maximum absolute atomic E-state index is 5.06. The maximum atomic E-state index is 5.06. The third-order valence-electron chi connectivity index (χ3n) is 5.31. The molecule has 0 unspecified atom stereocenters. The predicted octanol–water partition coefficient (Wildman–Crippen LogP) is -0.482. The van der Waals surface area contributed by atoms with Gasteiger partial charge in [-0.05, 0) is 0 Å². The molecule has 0 aromatic carbocycles. The van der Waals surface area contributed by atoms with E-state index in [2.05, 4.69) is 53.9 Å². The number of halogens is 1. The third kappa shape index (κ3) is 3.73. The molecular formula is C20H26IN4-. The van der Waals surface area contributed by atoms with Crippen LogP contribution in [-0.4, -0.2) is 43.5 Å². The van der Waals surface area contributed by atoms with Crippen molar-refractivity contribution in [1.29, 1.82) is 0 Å². The molecule has 0 saturated carbocycles. The summed E-state index contributed by atoms with van der Waals surface area (Å²) in [6.07, 6.45) is 6.23. The molecule has 5 heteroatoms. The van der Waals surface area contributed by atoms with Crippen LogP contribution in [0.25, 0.3) is 0 Å². The van der Waals surface area contributed by atoms with Crippen molar-refractivity contribution in [2.45, 2.75) is 43.3 Å². The zero-order chi connectivity index (χ0) is 17.4. The number of hydrogen-bond donors (Lipinski definition) is 0. The van der Waals surface area contributed by atoms with Gasteiger partial charge in [-0.25, -0.2) is 0 Å². The first kappa shape index (κ1) is 17.4. The molecule has 0 radical (unpaired) electrons. The Morgan fingerprint density at radius 1 is 1.00 bits per heavy atom. The number of hydrogen-bond acceptors (Lipinski definition) is 4. The molecule has 0 atom stereocenters. The van der Waals surface area contributed by atoms with E-state index >= 15 is 0 Å². The Bertz CT molecular complexity index is 774. The van der Waals surface area contributed by atoms with Gasteiger partial charge in [-0.1, -0.05) is 0 Å². The third-order valence-corrected chi connectivity index (χ3v) is 8.47. The van der Waals surface area contributed by atoms with Crippen LogP contribution in [0.2, 0.25) is 0 Å². The molecule has 0 bridgehead atoms. The quantitative estimate of drug-likeness (QED) is 0.274. The van der Waals surface area contributed by atoms with Gasteiger partial charge in [-0.15, -0.1) is 0 Å². The summed E-state index contributed by atoms with van der Waals surface area (Å²) in [6, 6.07) is 6.80. The topological polar surface area (TPSA) is 32.3 Å². The molecule has 2 aliphatic rings. The van der Waals surface area contributed by atoms with E-state index in [-0.39, 0.29) is 24.8 Å². The molecule has 4 heterocycles. The Kier molecular flexibility index (Phi) is 4.81. The monoisotopic (exact) mass is 449 g/mol. The van der Waals surface area contributed by atoms with E-state index < -0.39 is 0 Å². The molecule has 2 aromatic rings. The Morgan fingerprint density at radius 3 is 2.72 bits per heavy atom. The van der Waals surface area contributed by atoms with Crippen LogP contribution in [0.3, 0.4) is 0 Å². The van der Waals surface area contributed by atoms with E-state index in [1.54, 1.807) is 0 Å². The average molecular weight is 449 g/mol. The summed E-state index contributed by atoms with van der Waals surface area (Å²) in [5, 5.41) is 0. The SMILES string of the molecule is CN1CCc2ccc([I-]C(C)(C)N3CCc4ccncc4C3)nc2C1. The fraction of sp³-hybridized carbons (Fsp3) is 0.500. The summed E-state index contributed by atoms with van der Waals surface area (Å²) >= 11 is -0.191.